The molecule has 0 atom stereocenters. The van der Waals surface area contributed by atoms with Gasteiger partial charge in [0.1, 0.15) is 12.4 Å². The first kappa shape index (κ1) is 16.6. The highest BCUT2D eigenvalue weighted by Crippen LogP contribution is 2.24. The molecule has 0 aliphatic heterocycles. The molecule has 2 nitrogen and oxygen atoms in total. The van der Waals surface area contributed by atoms with Crippen LogP contribution in [0, 0.1) is 12.3 Å². The zero-order valence-electron chi connectivity index (χ0n) is 11.4. The van der Waals surface area contributed by atoms with Gasteiger partial charge in [0.15, 0.2) is 0 Å². The van der Waals surface area contributed by atoms with Crippen LogP contribution in [0.3, 0.4) is 0 Å². The van der Waals surface area contributed by atoms with Crippen LogP contribution in [0.1, 0.15) is 10.4 Å². The molecule has 1 aromatic carbocycles. The molecule has 0 amide bonds. The van der Waals surface area contributed by atoms with E-state index >= 15 is 0 Å². The lowest BCUT2D eigenvalue weighted by Gasteiger charge is -2.11. The quantitative estimate of drug-likeness (QED) is 0.513. The summed E-state index contributed by atoms with van der Waals surface area (Å²) in [6, 6.07) is 10.2. The number of rotatable bonds is 7. The zero-order valence-corrected chi connectivity index (χ0v) is 15.4. The van der Waals surface area contributed by atoms with Crippen LogP contribution in [0.25, 0.3) is 0 Å². The van der Waals surface area contributed by atoms with Crippen molar-refractivity contribution in [1.29, 1.82) is 0 Å². The molecule has 0 saturated carbocycles. The van der Waals surface area contributed by atoms with Gasteiger partial charge < -0.3 is 10.1 Å². The van der Waals surface area contributed by atoms with E-state index in [0.29, 0.717) is 0 Å². The van der Waals surface area contributed by atoms with Gasteiger partial charge in [-0.1, -0.05) is 21.9 Å². The standard InChI is InChI=1S/C16H15Br2NOS/c1-2-9-20-15-5-3-13(17)10-12(15)11-19-8-7-14-4-6-16(18)21-14/h1,3-6,10,19H,7-9,11H2. The van der Waals surface area contributed by atoms with Crippen LogP contribution in [0.15, 0.2) is 38.6 Å². The largest absolute Gasteiger partial charge is 0.481 e. The van der Waals surface area contributed by atoms with E-state index in [0.717, 1.165) is 35.3 Å². The Labute approximate surface area is 146 Å². The summed E-state index contributed by atoms with van der Waals surface area (Å²) in [6.45, 7) is 1.97. The minimum absolute atomic E-state index is 0.290. The molecule has 1 N–H and O–H groups in total. The van der Waals surface area contributed by atoms with E-state index in [2.05, 4.69) is 61.3 Å². The summed E-state index contributed by atoms with van der Waals surface area (Å²) in [5.74, 6) is 3.33. The van der Waals surface area contributed by atoms with Gasteiger partial charge in [-0.2, -0.15) is 0 Å². The van der Waals surface area contributed by atoms with Crippen molar-refractivity contribution in [3.05, 3.63) is 49.0 Å². The maximum absolute atomic E-state index is 5.56. The van der Waals surface area contributed by atoms with Crippen LogP contribution >= 0.6 is 43.2 Å². The molecule has 2 rings (SSSR count). The van der Waals surface area contributed by atoms with Crippen molar-refractivity contribution in [1.82, 2.24) is 5.32 Å². The van der Waals surface area contributed by atoms with Gasteiger partial charge in [0.25, 0.3) is 0 Å². The third-order valence-corrected chi connectivity index (χ3v) is 5.00. The molecular formula is C16H15Br2NOS. The van der Waals surface area contributed by atoms with Crippen LogP contribution in [0.2, 0.25) is 0 Å². The van der Waals surface area contributed by atoms with E-state index < -0.39 is 0 Å². The molecule has 1 aromatic heterocycles. The minimum Gasteiger partial charge on any atom is -0.481 e. The Hall–Kier alpha value is -0.800. The van der Waals surface area contributed by atoms with Gasteiger partial charge in [-0.3, -0.25) is 0 Å². The van der Waals surface area contributed by atoms with Gasteiger partial charge in [0, 0.05) is 28.0 Å². The Morgan fingerprint density at radius 2 is 2.10 bits per heavy atom. The van der Waals surface area contributed by atoms with Crippen LogP contribution < -0.4 is 10.1 Å². The molecule has 0 radical (unpaired) electrons. The molecule has 0 unspecified atom stereocenters. The fraction of sp³-hybridized carbons (Fsp3) is 0.250. The Kier molecular flexibility index (Phi) is 6.78. The molecule has 0 spiro atoms. The Morgan fingerprint density at radius 3 is 2.81 bits per heavy atom. The highest BCUT2D eigenvalue weighted by molar-refractivity contribution is 9.11. The minimum atomic E-state index is 0.290. The Morgan fingerprint density at radius 1 is 1.24 bits per heavy atom. The summed E-state index contributed by atoms with van der Waals surface area (Å²) < 4.78 is 7.77. The second kappa shape index (κ2) is 8.60. The summed E-state index contributed by atoms with van der Waals surface area (Å²) in [5.41, 5.74) is 1.10. The van der Waals surface area contributed by atoms with Crippen LogP contribution in [0.5, 0.6) is 5.75 Å². The van der Waals surface area contributed by atoms with E-state index in [1.165, 1.54) is 8.66 Å². The summed E-state index contributed by atoms with van der Waals surface area (Å²) in [7, 11) is 0. The number of hydrogen-bond acceptors (Lipinski definition) is 3. The summed E-state index contributed by atoms with van der Waals surface area (Å²) in [6.07, 6.45) is 6.26. The molecule has 21 heavy (non-hydrogen) atoms. The number of terminal acetylenes is 1. The van der Waals surface area contributed by atoms with E-state index in [-0.39, 0.29) is 6.61 Å². The lowest BCUT2D eigenvalue weighted by atomic mass is 10.2. The average Bonchev–Trinajstić information content (AvgIpc) is 2.88. The van der Waals surface area contributed by atoms with Crippen molar-refractivity contribution in [3.8, 4) is 18.1 Å². The number of halogens is 2. The summed E-state index contributed by atoms with van der Waals surface area (Å²) >= 11 is 8.74. The monoisotopic (exact) mass is 427 g/mol. The average molecular weight is 429 g/mol. The molecule has 0 aliphatic carbocycles. The molecule has 0 bridgehead atoms. The van der Waals surface area contributed by atoms with Crippen LogP contribution in [-0.4, -0.2) is 13.2 Å². The van der Waals surface area contributed by atoms with Crippen molar-refractivity contribution in [2.24, 2.45) is 0 Å². The first-order chi connectivity index (χ1) is 10.2. The molecule has 0 saturated heterocycles. The highest BCUT2D eigenvalue weighted by atomic mass is 79.9. The predicted molar refractivity (Wildman–Crippen MR) is 95.9 cm³/mol. The van der Waals surface area contributed by atoms with E-state index in [9.17, 15) is 0 Å². The van der Waals surface area contributed by atoms with Crippen molar-refractivity contribution in [2.75, 3.05) is 13.2 Å². The molecule has 5 heteroatoms. The molecule has 1 heterocycles. The maximum atomic E-state index is 5.56. The summed E-state index contributed by atoms with van der Waals surface area (Å²) in [5, 5.41) is 3.44. The van der Waals surface area contributed by atoms with Gasteiger partial charge in [-0.15, -0.1) is 17.8 Å². The topological polar surface area (TPSA) is 21.3 Å². The highest BCUT2D eigenvalue weighted by Gasteiger charge is 2.05. The number of thiophene rings is 1. The normalized spacial score (nSPS) is 10.3. The first-order valence-electron chi connectivity index (χ1n) is 6.48. The third kappa shape index (κ3) is 5.48. The number of ether oxygens (including phenoxy) is 1. The van der Waals surface area contributed by atoms with E-state index in [1.54, 1.807) is 11.3 Å². The molecular weight excluding hydrogens is 414 g/mol. The van der Waals surface area contributed by atoms with Crippen molar-refractivity contribution < 1.29 is 4.74 Å². The van der Waals surface area contributed by atoms with Crippen LogP contribution in [-0.2, 0) is 13.0 Å². The Bertz CT molecular complexity index is 633. The van der Waals surface area contributed by atoms with Gasteiger partial charge in [-0.05, 0) is 52.7 Å². The number of benzene rings is 1. The van der Waals surface area contributed by atoms with E-state index in [4.69, 9.17) is 11.2 Å². The number of hydrogen-bond donors (Lipinski definition) is 1. The second-order valence-electron chi connectivity index (χ2n) is 4.38. The molecule has 0 fully saturated rings. The van der Waals surface area contributed by atoms with Gasteiger partial charge in [0.2, 0.25) is 0 Å². The van der Waals surface area contributed by atoms with Crippen molar-refractivity contribution in [3.63, 3.8) is 0 Å². The zero-order chi connectivity index (χ0) is 15.1. The molecule has 110 valence electrons. The lowest BCUT2D eigenvalue weighted by molar-refractivity contribution is 0.365. The smallest absolute Gasteiger partial charge is 0.148 e. The van der Waals surface area contributed by atoms with E-state index in [1.807, 2.05) is 12.1 Å². The van der Waals surface area contributed by atoms with Gasteiger partial charge >= 0.3 is 0 Å². The summed E-state index contributed by atoms with van der Waals surface area (Å²) in [4.78, 5) is 1.37. The first-order valence-corrected chi connectivity index (χ1v) is 8.89. The molecule has 2 aromatic rings. The van der Waals surface area contributed by atoms with Gasteiger partial charge in [0.05, 0.1) is 3.79 Å². The third-order valence-electron chi connectivity index (χ3n) is 2.83. The van der Waals surface area contributed by atoms with Crippen molar-refractivity contribution in [2.45, 2.75) is 13.0 Å². The van der Waals surface area contributed by atoms with Crippen molar-refractivity contribution >= 4 is 43.2 Å². The fourth-order valence-electron chi connectivity index (χ4n) is 1.87. The predicted octanol–water partition coefficient (Wildman–Crippen LogP) is 4.62. The van der Waals surface area contributed by atoms with Gasteiger partial charge in [-0.25, -0.2) is 0 Å². The SMILES string of the molecule is C#CCOc1ccc(Br)cc1CNCCc1ccc(Br)s1. The molecule has 0 aliphatic rings. The Balaban J connectivity index is 1.87. The second-order valence-corrected chi connectivity index (χ2v) is 7.84. The number of nitrogens with one attached hydrogen (secondary N) is 1. The maximum Gasteiger partial charge on any atom is 0.148 e. The lowest BCUT2D eigenvalue weighted by Crippen LogP contribution is -2.17. The fourth-order valence-corrected chi connectivity index (χ4v) is 3.76. The van der Waals surface area contributed by atoms with Crippen LogP contribution in [0.4, 0.5) is 0 Å².